The summed E-state index contributed by atoms with van der Waals surface area (Å²) in [5.74, 6) is 0.934. The number of benzene rings is 1. The maximum atomic E-state index is 11.0. The molecule has 0 aromatic heterocycles. The summed E-state index contributed by atoms with van der Waals surface area (Å²) < 4.78 is 6.83. The third-order valence-corrected chi connectivity index (χ3v) is 3.19. The van der Waals surface area contributed by atoms with Gasteiger partial charge >= 0.3 is 0 Å². The molecule has 1 aliphatic rings. The predicted octanol–water partition coefficient (Wildman–Crippen LogP) is 1.09. The lowest BCUT2D eigenvalue weighted by atomic mass is 10.1. The lowest BCUT2D eigenvalue weighted by molar-refractivity contribution is -0.119. The highest BCUT2D eigenvalue weighted by Gasteiger charge is 2.22. The SMILES string of the molecule is CNC(=O)CNCC1Cc2cc(Br)ccc2O1. The monoisotopic (exact) mass is 298 g/mol. The van der Waals surface area contributed by atoms with E-state index >= 15 is 0 Å². The minimum absolute atomic E-state index is 0.0109. The van der Waals surface area contributed by atoms with Gasteiger partial charge in [-0.3, -0.25) is 4.79 Å². The summed E-state index contributed by atoms with van der Waals surface area (Å²) in [6, 6.07) is 6.02. The van der Waals surface area contributed by atoms with E-state index in [4.69, 9.17) is 4.74 Å². The summed E-state index contributed by atoms with van der Waals surface area (Å²) in [5, 5.41) is 5.65. The second kappa shape index (κ2) is 5.51. The molecule has 1 heterocycles. The molecule has 1 amide bonds. The van der Waals surface area contributed by atoms with Crippen LogP contribution in [0.3, 0.4) is 0 Å². The topological polar surface area (TPSA) is 50.4 Å². The lowest BCUT2D eigenvalue weighted by Crippen LogP contribution is -2.37. The Labute approximate surface area is 109 Å². The highest BCUT2D eigenvalue weighted by molar-refractivity contribution is 9.10. The number of likely N-dealkylation sites (N-methyl/N-ethyl adjacent to an activating group) is 1. The van der Waals surface area contributed by atoms with Gasteiger partial charge in [-0.15, -0.1) is 0 Å². The summed E-state index contributed by atoms with van der Waals surface area (Å²) in [5.41, 5.74) is 1.21. The number of carbonyl (C=O) groups excluding carboxylic acids is 1. The summed E-state index contributed by atoms with van der Waals surface area (Å²) in [6.07, 6.45) is 0.999. The average Bonchev–Trinajstić information content (AvgIpc) is 2.70. The van der Waals surface area contributed by atoms with Crippen molar-refractivity contribution in [2.45, 2.75) is 12.5 Å². The minimum atomic E-state index is -0.0109. The van der Waals surface area contributed by atoms with E-state index in [-0.39, 0.29) is 12.0 Å². The average molecular weight is 299 g/mol. The first-order valence-corrected chi connectivity index (χ1v) is 6.34. The van der Waals surface area contributed by atoms with Crippen molar-refractivity contribution in [2.24, 2.45) is 0 Å². The molecule has 0 bridgehead atoms. The number of hydrogen-bond acceptors (Lipinski definition) is 3. The second-order valence-corrected chi connectivity index (χ2v) is 4.92. The van der Waals surface area contributed by atoms with Gasteiger partial charge in [-0.25, -0.2) is 0 Å². The van der Waals surface area contributed by atoms with E-state index in [1.54, 1.807) is 7.05 Å². The summed E-state index contributed by atoms with van der Waals surface area (Å²) in [6.45, 7) is 1.01. The van der Waals surface area contributed by atoms with Crippen LogP contribution in [-0.4, -0.2) is 32.1 Å². The van der Waals surface area contributed by atoms with Crippen LogP contribution in [0.1, 0.15) is 5.56 Å². The number of halogens is 1. The van der Waals surface area contributed by atoms with Crippen LogP contribution in [0.15, 0.2) is 22.7 Å². The quantitative estimate of drug-likeness (QED) is 0.875. The highest BCUT2D eigenvalue weighted by Crippen LogP contribution is 2.30. The molecule has 1 aromatic carbocycles. The van der Waals surface area contributed by atoms with Gasteiger partial charge in [0.05, 0.1) is 6.54 Å². The van der Waals surface area contributed by atoms with Gasteiger partial charge in [0.2, 0.25) is 5.91 Å². The van der Waals surface area contributed by atoms with Gasteiger partial charge in [0.1, 0.15) is 11.9 Å². The molecule has 0 fully saturated rings. The van der Waals surface area contributed by atoms with Crippen molar-refractivity contribution in [3.63, 3.8) is 0 Å². The molecule has 5 heteroatoms. The van der Waals surface area contributed by atoms with Gasteiger partial charge in [0, 0.05) is 24.5 Å². The van der Waals surface area contributed by atoms with Gasteiger partial charge in [0.15, 0.2) is 0 Å². The van der Waals surface area contributed by atoms with Crippen LogP contribution in [0.5, 0.6) is 5.75 Å². The van der Waals surface area contributed by atoms with E-state index < -0.39 is 0 Å². The molecule has 0 radical (unpaired) electrons. The van der Waals surface area contributed by atoms with Gasteiger partial charge in [-0.2, -0.15) is 0 Å². The Kier molecular flexibility index (Phi) is 4.02. The Morgan fingerprint density at radius 1 is 1.59 bits per heavy atom. The Morgan fingerprint density at radius 2 is 2.41 bits per heavy atom. The Hall–Kier alpha value is -1.07. The number of hydrogen-bond donors (Lipinski definition) is 2. The normalized spacial score (nSPS) is 17.4. The Morgan fingerprint density at radius 3 is 3.18 bits per heavy atom. The largest absolute Gasteiger partial charge is 0.488 e. The smallest absolute Gasteiger partial charge is 0.233 e. The first kappa shape index (κ1) is 12.4. The van der Waals surface area contributed by atoms with Crippen molar-refractivity contribution >= 4 is 21.8 Å². The zero-order chi connectivity index (χ0) is 12.3. The number of rotatable bonds is 4. The van der Waals surface area contributed by atoms with Gasteiger partial charge in [-0.1, -0.05) is 15.9 Å². The van der Waals surface area contributed by atoms with Crippen LogP contribution < -0.4 is 15.4 Å². The van der Waals surface area contributed by atoms with Crippen LogP contribution in [-0.2, 0) is 11.2 Å². The van der Waals surface area contributed by atoms with Crippen LogP contribution >= 0.6 is 15.9 Å². The first-order chi connectivity index (χ1) is 8.19. The van der Waals surface area contributed by atoms with E-state index in [2.05, 4.69) is 32.6 Å². The predicted molar refractivity (Wildman–Crippen MR) is 69.2 cm³/mol. The summed E-state index contributed by atoms with van der Waals surface area (Å²) >= 11 is 3.44. The number of carbonyl (C=O) groups is 1. The zero-order valence-corrected chi connectivity index (χ0v) is 11.2. The molecule has 0 spiro atoms. The molecule has 0 aliphatic carbocycles. The van der Waals surface area contributed by atoms with Gasteiger partial charge in [0.25, 0.3) is 0 Å². The third kappa shape index (κ3) is 3.20. The number of amides is 1. The molecule has 0 saturated heterocycles. The molecular weight excluding hydrogens is 284 g/mol. The molecule has 1 atom stereocenters. The molecule has 1 aliphatic heterocycles. The molecule has 2 rings (SSSR count). The van der Waals surface area contributed by atoms with Crippen LogP contribution in [0, 0.1) is 0 Å². The van der Waals surface area contributed by atoms with Crippen molar-refractivity contribution in [3.8, 4) is 5.75 Å². The van der Waals surface area contributed by atoms with E-state index in [1.165, 1.54) is 5.56 Å². The Bertz CT molecular complexity index is 423. The van der Waals surface area contributed by atoms with Crippen LogP contribution in [0.4, 0.5) is 0 Å². The summed E-state index contributed by atoms with van der Waals surface area (Å²) in [4.78, 5) is 11.0. The standard InChI is InChI=1S/C12H15BrN2O2/c1-14-12(16)7-15-6-10-5-8-4-9(13)2-3-11(8)17-10/h2-4,10,15H,5-7H2,1H3,(H,14,16). The minimum Gasteiger partial charge on any atom is -0.488 e. The highest BCUT2D eigenvalue weighted by atomic mass is 79.9. The maximum Gasteiger partial charge on any atom is 0.233 e. The van der Waals surface area contributed by atoms with Crippen LogP contribution in [0.2, 0.25) is 0 Å². The third-order valence-electron chi connectivity index (χ3n) is 2.70. The van der Waals surface area contributed by atoms with Crippen molar-refractivity contribution in [1.82, 2.24) is 10.6 Å². The number of fused-ring (bicyclic) bond motifs is 1. The first-order valence-electron chi connectivity index (χ1n) is 5.55. The second-order valence-electron chi connectivity index (χ2n) is 4.00. The summed E-state index contributed by atoms with van der Waals surface area (Å²) in [7, 11) is 1.63. The molecular formula is C12H15BrN2O2. The van der Waals surface area contributed by atoms with E-state index in [9.17, 15) is 4.79 Å². The van der Waals surface area contributed by atoms with Crippen molar-refractivity contribution in [1.29, 1.82) is 0 Å². The zero-order valence-electron chi connectivity index (χ0n) is 9.63. The van der Waals surface area contributed by atoms with Crippen molar-refractivity contribution in [2.75, 3.05) is 20.1 Å². The number of nitrogens with one attached hydrogen (secondary N) is 2. The molecule has 2 N–H and O–H groups in total. The molecule has 0 saturated carbocycles. The van der Waals surface area contributed by atoms with Gasteiger partial charge in [-0.05, 0) is 23.8 Å². The molecule has 4 nitrogen and oxygen atoms in total. The number of ether oxygens (including phenoxy) is 1. The lowest BCUT2D eigenvalue weighted by Gasteiger charge is -2.11. The van der Waals surface area contributed by atoms with Crippen molar-refractivity contribution in [3.05, 3.63) is 28.2 Å². The molecule has 17 heavy (non-hydrogen) atoms. The van der Waals surface area contributed by atoms with E-state index in [0.29, 0.717) is 13.1 Å². The van der Waals surface area contributed by atoms with E-state index in [0.717, 1.165) is 16.6 Å². The fourth-order valence-corrected chi connectivity index (χ4v) is 2.25. The Balaban J connectivity index is 1.82. The fourth-order valence-electron chi connectivity index (χ4n) is 1.84. The van der Waals surface area contributed by atoms with Crippen LogP contribution in [0.25, 0.3) is 0 Å². The van der Waals surface area contributed by atoms with Crippen molar-refractivity contribution < 1.29 is 9.53 Å². The molecule has 1 unspecified atom stereocenters. The van der Waals surface area contributed by atoms with Gasteiger partial charge < -0.3 is 15.4 Å². The molecule has 92 valence electrons. The maximum absolute atomic E-state index is 11.0. The van der Waals surface area contributed by atoms with E-state index in [1.807, 2.05) is 12.1 Å². The molecule has 1 aromatic rings. The fraction of sp³-hybridized carbons (Fsp3) is 0.417.